The first kappa shape index (κ1) is 14.5. The molecule has 1 aliphatic carbocycles. The number of hydrogen-bond donors (Lipinski definition) is 2. The van der Waals surface area contributed by atoms with E-state index in [9.17, 15) is 4.79 Å². The Morgan fingerprint density at radius 1 is 1.24 bits per heavy atom. The maximum absolute atomic E-state index is 11.8. The number of carbonyl (C=O) groups is 1. The second-order valence-electron chi connectivity index (χ2n) is 6.35. The molecule has 0 spiro atoms. The monoisotopic (exact) mass is 240 g/mol. The molecule has 1 aliphatic rings. The Morgan fingerprint density at radius 3 is 2.12 bits per heavy atom. The van der Waals surface area contributed by atoms with Crippen LogP contribution in [0.3, 0.4) is 0 Å². The summed E-state index contributed by atoms with van der Waals surface area (Å²) in [6, 6.07) is 0. The van der Waals surface area contributed by atoms with Crippen molar-refractivity contribution in [1.82, 2.24) is 5.32 Å². The molecule has 3 heteroatoms. The standard InChI is InChI=1S/C14H28N2O/c1-10(2)12(11(3)4)9-16-13(17)8-14(15)6-5-7-14/h10-12H,5-9,15H2,1-4H3,(H,16,17). The van der Waals surface area contributed by atoms with E-state index in [1.165, 1.54) is 6.42 Å². The van der Waals surface area contributed by atoms with Gasteiger partial charge in [0.25, 0.3) is 0 Å². The van der Waals surface area contributed by atoms with Crippen LogP contribution in [-0.2, 0) is 4.79 Å². The minimum absolute atomic E-state index is 0.124. The van der Waals surface area contributed by atoms with E-state index in [1.807, 2.05) is 0 Å². The molecule has 3 nitrogen and oxygen atoms in total. The summed E-state index contributed by atoms with van der Waals surface area (Å²) < 4.78 is 0. The Morgan fingerprint density at radius 2 is 1.76 bits per heavy atom. The number of nitrogens with one attached hydrogen (secondary N) is 1. The smallest absolute Gasteiger partial charge is 0.221 e. The fourth-order valence-electron chi connectivity index (χ4n) is 2.66. The Bertz CT molecular complexity index is 249. The van der Waals surface area contributed by atoms with Crippen molar-refractivity contribution in [2.75, 3.05) is 6.54 Å². The van der Waals surface area contributed by atoms with Crippen LogP contribution in [0.25, 0.3) is 0 Å². The Labute approximate surface area is 106 Å². The summed E-state index contributed by atoms with van der Waals surface area (Å²) in [6.07, 6.45) is 3.66. The van der Waals surface area contributed by atoms with Crippen molar-refractivity contribution in [3.8, 4) is 0 Å². The summed E-state index contributed by atoms with van der Waals surface area (Å²) in [7, 11) is 0. The lowest BCUT2D eigenvalue weighted by Gasteiger charge is -2.37. The number of amides is 1. The molecule has 1 rings (SSSR count). The molecule has 100 valence electrons. The third-order valence-corrected chi connectivity index (χ3v) is 4.11. The molecule has 0 saturated heterocycles. The summed E-state index contributed by atoms with van der Waals surface area (Å²) in [5.41, 5.74) is 5.87. The fourth-order valence-corrected chi connectivity index (χ4v) is 2.66. The van der Waals surface area contributed by atoms with E-state index in [1.54, 1.807) is 0 Å². The first-order valence-corrected chi connectivity index (χ1v) is 6.89. The topological polar surface area (TPSA) is 55.1 Å². The van der Waals surface area contributed by atoms with Crippen LogP contribution in [0, 0.1) is 17.8 Å². The average Bonchev–Trinajstić information content (AvgIpc) is 2.14. The van der Waals surface area contributed by atoms with E-state index in [0.717, 1.165) is 19.4 Å². The molecule has 0 aromatic rings. The van der Waals surface area contributed by atoms with Crippen LogP contribution < -0.4 is 11.1 Å². The van der Waals surface area contributed by atoms with Crippen molar-refractivity contribution in [2.45, 2.75) is 58.9 Å². The van der Waals surface area contributed by atoms with Crippen LogP contribution in [-0.4, -0.2) is 18.0 Å². The van der Waals surface area contributed by atoms with E-state index < -0.39 is 0 Å². The summed E-state index contributed by atoms with van der Waals surface area (Å²) in [5.74, 6) is 1.88. The molecule has 0 aliphatic heterocycles. The summed E-state index contributed by atoms with van der Waals surface area (Å²) >= 11 is 0. The second kappa shape index (κ2) is 5.85. The van der Waals surface area contributed by atoms with Gasteiger partial charge in [-0.2, -0.15) is 0 Å². The highest BCUT2D eigenvalue weighted by molar-refractivity contribution is 5.77. The molecule has 0 aromatic heterocycles. The molecule has 0 bridgehead atoms. The van der Waals surface area contributed by atoms with E-state index >= 15 is 0 Å². The number of carbonyl (C=O) groups excluding carboxylic acids is 1. The summed E-state index contributed by atoms with van der Waals surface area (Å²) in [4.78, 5) is 11.8. The van der Waals surface area contributed by atoms with Gasteiger partial charge in [0.1, 0.15) is 0 Å². The highest BCUT2D eigenvalue weighted by atomic mass is 16.1. The predicted octanol–water partition coefficient (Wildman–Crippen LogP) is 2.30. The third-order valence-electron chi connectivity index (χ3n) is 4.11. The minimum Gasteiger partial charge on any atom is -0.356 e. The molecule has 3 N–H and O–H groups in total. The van der Waals surface area contributed by atoms with Crippen molar-refractivity contribution in [3.05, 3.63) is 0 Å². The lowest BCUT2D eigenvalue weighted by molar-refractivity contribution is -0.123. The molecular formula is C14H28N2O. The highest BCUT2D eigenvalue weighted by Gasteiger charge is 2.34. The second-order valence-corrected chi connectivity index (χ2v) is 6.35. The zero-order valence-corrected chi connectivity index (χ0v) is 11.8. The quantitative estimate of drug-likeness (QED) is 0.748. The van der Waals surface area contributed by atoms with Gasteiger partial charge in [-0.1, -0.05) is 27.7 Å². The van der Waals surface area contributed by atoms with Gasteiger partial charge in [-0.15, -0.1) is 0 Å². The Hall–Kier alpha value is -0.570. The van der Waals surface area contributed by atoms with Crippen molar-refractivity contribution < 1.29 is 4.79 Å². The van der Waals surface area contributed by atoms with Gasteiger partial charge in [0.15, 0.2) is 0 Å². The zero-order chi connectivity index (χ0) is 13.1. The Balaban J connectivity index is 2.31. The van der Waals surface area contributed by atoms with Gasteiger partial charge < -0.3 is 11.1 Å². The van der Waals surface area contributed by atoms with E-state index in [2.05, 4.69) is 33.0 Å². The van der Waals surface area contributed by atoms with Crippen molar-refractivity contribution in [3.63, 3.8) is 0 Å². The normalized spacial score (nSPS) is 18.6. The lowest BCUT2D eigenvalue weighted by atomic mass is 9.75. The van der Waals surface area contributed by atoms with Crippen LogP contribution in [0.2, 0.25) is 0 Å². The molecule has 1 amide bonds. The van der Waals surface area contributed by atoms with Gasteiger partial charge in [-0.3, -0.25) is 4.79 Å². The molecule has 17 heavy (non-hydrogen) atoms. The molecule has 0 radical (unpaired) electrons. The molecule has 0 aromatic carbocycles. The number of rotatable bonds is 6. The SMILES string of the molecule is CC(C)C(CNC(=O)CC1(N)CCC1)C(C)C. The van der Waals surface area contributed by atoms with Crippen molar-refractivity contribution in [1.29, 1.82) is 0 Å². The van der Waals surface area contributed by atoms with Crippen LogP contribution >= 0.6 is 0 Å². The fraction of sp³-hybridized carbons (Fsp3) is 0.929. The van der Waals surface area contributed by atoms with Crippen LogP contribution in [0.5, 0.6) is 0 Å². The molecule has 1 saturated carbocycles. The largest absolute Gasteiger partial charge is 0.356 e. The van der Waals surface area contributed by atoms with Gasteiger partial charge in [0.05, 0.1) is 0 Å². The van der Waals surface area contributed by atoms with Gasteiger partial charge in [-0.05, 0) is 37.0 Å². The van der Waals surface area contributed by atoms with Gasteiger partial charge in [0.2, 0.25) is 5.91 Å². The molecule has 0 atom stereocenters. The maximum atomic E-state index is 11.8. The van der Waals surface area contributed by atoms with E-state index in [0.29, 0.717) is 24.2 Å². The highest BCUT2D eigenvalue weighted by Crippen LogP contribution is 2.32. The maximum Gasteiger partial charge on any atom is 0.221 e. The van der Waals surface area contributed by atoms with Crippen LogP contribution in [0.1, 0.15) is 53.4 Å². The molecular weight excluding hydrogens is 212 g/mol. The average molecular weight is 240 g/mol. The summed E-state index contributed by atoms with van der Waals surface area (Å²) in [6.45, 7) is 9.64. The predicted molar refractivity (Wildman–Crippen MR) is 71.6 cm³/mol. The van der Waals surface area contributed by atoms with E-state index in [4.69, 9.17) is 5.73 Å². The van der Waals surface area contributed by atoms with Gasteiger partial charge in [0, 0.05) is 18.5 Å². The van der Waals surface area contributed by atoms with Crippen LogP contribution in [0.4, 0.5) is 0 Å². The Kier molecular flexibility index (Phi) is 4.99. The third kappa shape index (κ3) is 4.30. The zero-order valence-electron chi connectivity index (χ0n) is 11.8. The van der Waals surface area contributed by atoms with Crippen molar-refractivity contribution in [2.24, 2.45) is 23.5 Å². The number of hydrogen-bond acceptors (Lipinski definition) is 2. The number of nitrogens with two attached hydrogens (primary N) is 1. The first-order valence-electron chi connectivity index (χ1n) is 6.89. The lowest BCUT2D eigenvalue weighted by Crippen LogP contribution is -2.50. The molecule has 1 fully saturated rings. The molecule has 0 unspecified atom stereocenters. The van der Waals surface area contributed by atoms with Gasteiger partial charge >= 0.3 is 0 Å². The van der Waals surface area contributed by atoms with E-state index in [-0.39, 0.29) is 11.4 Å². The van der Waals surface area contributed by atoms with Crippen molar-refractivity contribution >= 4 is 5.91 Å². The minimum atomic E-state index is -0.199. The van der Waals surface area contributed by atoms with Gasteiger partial charge in [-0.25, -0.2) is 0 Å². The summed E-state index contributed by atoms with van der Waals surface area (Å²) in [5, 5.41) is 3.05. The first-order chi connectivity index (χ1) is 7.84. The van der Waals surface area contributed by atoms with Crippen LogP contribution in [0.15, 0.2) is 0 Å². The molecule has 0 heterocycles.